The summed E-state index contributed by atoms with van der Waals surface area (Å²) in [4.78, 5) is 17.2. The monoisotopic (exact) mass is 357 g/mol. The fourth-order valence-corrected chi connectivity index (χ4v) is 2.92. The van der Waals surface area contributed by atoms with Gasteiger partial charge in [-0.2, -0.15) is 0 Å². The lowest BCUT2D eigenvalue weighted by Gasteiger charge is -2.20. The van der Waals surface area contributed by atoms with Crippen molar-refractivity contribution in [3.05, 3.63) is 53.3 Å². The van der Waals surface area contributed by atoms with Gasteiger partial charge in [0.1, 0.15) is 18.1 Å². The lowest BCUT2D eigenvalue weighted by molar-refractivity contribution is -0.116. The summed E-state index contributed by atoms with van der Waals surface area (Å²) in [6, 6.07) is 12.3. The molecule has 0 aliphatic carbocycles. The molecule has 0 aliphatic heterocycles. The van der Waals surface area contributed by atoms with Gasteiger partial charge >= 0.3 is 0 Å². The van der Waals surface area contributed by atoms with Crippen molar-refractivity contribution in [2.24, 2.45) is 0 Å². The van der Waals surface area contributed by atoms with Crippen molar-refractivity contribution < 1.29 is 9.90 Å². The molecule has 0 spiro atoms. The maximum Gasteiger partial charge on any atom is 0.244 e. The number of benzene rings is 2. The molecule has 6 heteroatoms. The summed E-state index contributed by atoms with van der Waals surface area (Å²) in [5.41, 5.74) is 1.88. The molecule has 25 heavy (non-hydrogen) atoms. The van der Waals surface area contributed by atoms with E-state index in [1.807, 2.05) is 28.8 Å². The number of aromatic hydroxyl groups is 1. The van der Waals surface area contributed by atoms with Gasteiger partial charge in [0.15, 0.2) is 0 Å². The van der Waals surface area contributed by atoms with Crippen LogP contribution in [0.15, 0.2) is 42.5 Å². The van der Waals surface area contributed by atoms with Gasteiger partial charge in [0.05, 0.1) is 16.7 Å². The number of nitrogens with zero attached hydrogens (tertiary/aromatic N) is 2. The molecule has 3 aromatic rings. The molecule has 2 N–H and O–H groups in total. The normalized spacial score (nSPS) is 11.7. The molecule has 130 valence electrons. The molecule has 0 unspecified atom stereocenters. The molecule has 0 atom stereocenters. The number of carbonyl (C=O) groups excluding carboxylic acids is 1. The Hall–Kier alpha value is -2.53. The van der Waals surface area contributed by atoms with Crippen LogP contribution in [0.5, 0.6) is 5.75 Å². The number of phenols is 1. The van der Waals surface area contributed by atoms with E-state index in [2.05, 4.69) is 31.1 Å². The average Bonchev–Trinajstić information content (AvgIpc) is 2.89. The highest BCUT2D eigenvalue weighted by Crippen LogP contribution is 2.28. The topological polar surface area (TPSA) is 67.2 Å². The van der Waals surface area contributed by atoms with Crippen LogP contribution in [0.2, 0.25) is 5.02 Å². The largest absolute Gasteiger partial charge is 0.506 e. The quantitative estimate of drug-likeness (QED) is 0.685. The molecule has 0 aliphatic rings. The fourth-order valence-electron chi connectivity index (χ4n) is 2.75. The third-order valence-electron chi connectivity index (χ3n) is 3.86. The van der Waals surface area contributed by atoms with Gasteiger partial charge in [-0.1, -0.05) is 44.5 Å². The predicted octanol–water partition coefficient (Wildman–Crippen LogP) is 4.33. The Bertz CT molecular complexity index is 941. The molecule has 3 rings (SSSR count). The van der Waals surface area contributed by atoms with E-state index >= 15 is 0 Å². The van der Waals surface area contributed by atoms with Crippen LogP contribution in [0.4, 0.5) is 5.69 Å². The zero-order chi connectivity index (χ0) is 18.2. The maximum atomic E-state index is 12.5. The highest BCUT2D eigenvalue weighted by molar-refractivity contribution is 6.30. The van der Waals surface area contributed by atoms with Crippen LogP contribution in [0.1, 0.15) is 26.6 Å². The zero-order valence-electron chi connectivity index (χ0n) is 14.4. The number of imidazole rings is 1. The summed E-state index contributed by atoms with van der Waals surface area (Å²) in [6.45, 7) is 6.30. The molecule has 5 nitrogen and oxygen atoms in total. The van der Waals surface area contributed by atoms with E-state index in [-0.39, 0.29) is 23.6 Å². The van der Waals surface area contributed by atoms with Crippen LogP contribution in [-0.4, -0.2) is 20.6 Å². The van der Waals surface area contributed by atoms with E-state index in [0.29, 0.717) is 10.7 Å². The minimum Gasteiger partial charge on any atom is -0.506 e. The molecule has 1 amide bonds. The van der Waals surface area contributed by atoms with E-state index in [1.54, 1.807) is 12.1 Å². The summed E-state index contributed by atoms with van der Waals surface area (Å²) in [5, 5.41) is 13.0. The van der Waals surface area contributed by atoms with Crippen LogP contribution in [0.25, 0.3) is 11.0 Å². The van der Waals surface area contributed by atoms with Crippen molar-refractivity contribution in [3.63, 3.8) is 0 Å². The average molecular weight is 358 g/mol. The van der Waals surface area contributed by atoms with Gasteiger partial charge in [-0.3, -0.25) is 4.79 Å². The first-order valence-corrected chi connectivity index (χ1v) is 8.37. The number of hydrogen-bond acceptors (Lipinski definition) is 3. The van der Waals surface area contributed by atoms with Crippen LogP contribution >= 0.6 is 11.6 Å². The molecular weight excluding hydrogens is 338 g/mol. The number of rotatable bonds is 3. The number of amides is 1. The number of nitrogens with one attached hydrogen (secondary N) is 1. The first kappa shape index (κ1) is 17.3. The van der Waals surface area contributed by atoms with Crippen molar-refractivity contribution >= 4 is 34.2 Å². The van der Waals surface area contributed by atoms with Gasteiger partial charge in [-0.05, 0) is 24.3 Å². The number of aromatic nitrogens is 2. The molecule has 1 aromatic heterocycles. The smallest absolute Gasteiger partial charge is 0.244 e. The minimum atomic E-state index is -0.244. The van der Waals surface area contributed by atoms with Gasteiger partial charge < -0.3 is 15.0 Å². The number of fused-ring (bicyclic) bond motifs is 1. The summed E-state index contributed by atoms with van der Waals surface area (Å²) >= 11 is 5.82. The first-order valence-electron chi connectivity index (χ1n) is 8.00. The molecule has 0 saturated carbocycles. The molecule has 0 fully saturated rings. The lowest BCUT2D eigenvalue weighted by Crippen LogP contribution is -2.25. The number of anilines is 1. The Morgan fingerprint density at radius 1 is 1.24 bits per heavy atom. The Morgan fingerprint density at radius 2 is 1.96 bits per heavy atom. The maximum absolute atomic E-state index is 12.5. The van der Waals surface area contributed by atoms with Gasteiger partial charge in [0.2, 0.25) is 5.91 Å². The number of carbonyl (C=O) groups is 1. The minimum absolute atomic E-state index is 0.0626. The summed E-state index contributed by atoms with van der Waals surface area (Å²) < 4.78 is 1.91. The number of halogens is 1. The van der Waals surface area contributed by atoms with Crippen molar-refractivity contribution in [3.8, 4) is 5.75 Å². The van der Waals surface area contributed by atoms with Gasteiger partial charge in [0.25, 0.3) is 0 Å². The van der Waals surface area contributed by atoms with Crippen molar-refractivity contribution in [1.29, 1.82) is 0 Å². The number of phenolic OH excluding ortho intramolecular Hbond substituents is 1. The second kappa shape index (κ2) is 6.41. The lowest BCUT2D eigenvalue weighted by atomic mass is 9.95. The zero-order valence-corrected chi connectivity index (χ0v) is 15.1. The third kappa shape index (κ3) is 3.61. The van der Waals surface area contributed by atoms with E-state index < -0.39 is 0 Å². The van der Waals surface area contributed by atoms with Crippen LogP contribution in [-0.2, 0) is 16.8 Å². The third-order valence-corrected chi connectivity index (χ3v) is 4.10. The highest BCUT2D eigenvalue weighted by Gasteiger charge is 2.24. The molecule has 0 saturated heterocycles. The van der Waals surface area contributed by atoms with Gasteiger partial charge in [-0.15, -0.1) is 0 Å². The molecule has 2 aromatic carbocycles. The first-order chi connectivity index (χ1) is 11.8. The molecule has 1 heterocycles. The van der Waals surface area contributed by atoms with E-state index in [4.69, 9.17) is 11.6 Å². The highest BCUT2D eigenvalue weighted by atomic mass is 35.5. The van der Waals surface area contributed by atoms with Crippen LogP contribution < -0.4 is 5.32 Å². The second-order valence-electron chi connectivity index (χ2n) is 6.97. The fraction of sp³-hybridized carbons (Fsp3) is 0.263. The van der Waals surface area contributed by atoms with E-state index in [0.717, 1.165) is 16.9 Å². The van der Waals surface area contributed by atoms with E-state index in [1.165, 1.54) is 6.07 Å². The second-order valence-corrected chi connectivity index (χ2v) is 7.41. The summed E-state index contributed by atoms with van der Waals surface area (Å²) in [6.07, 6.45) is 0. The van der Waals surface area contributed by atoms with Crippen molar-refractivity contribution in [2.45, 2.75) is 32.7 Å². The summed E-state index contributed by atoms with van der Waals surface area (Å²) in [5.74, 6) is 0.530. The standard InChI is InChI=1S/C19H20ClN3O2/c1-19(2,3)18-22-13-6-4-5-7-15(13)23(18)11-17(25)21-14-9-8-12(20)10-16(14)24/h4-10,24H,11H2,1-3H3,(H,21,25). The number of para-hydroxylation sites is 2. The molecule has 0 radical (unpaired) electrons. The Morgan fingerprint density at radius 3 is 2.64 bits per heavy atom. The Labute approximate surface area is 151 Å². The molecule has 0 bridgehead atoms. The van der Waals surface area contributed by atoms with Crippen molar-refractivity contribution in [2.75, 3.05) is 5.32 Å². The SMILES string of the molecule is CC(C)(C)c1nc2ccccc2n1CC(=O)Nc1ccc(Cl)cc1O. The summed E-state index contributed by atoms with van der Waals surface area (Å²) in [7, 11) is 0. The van der Waals surface area contributed by atoms with Crippen LogP contribution in [0, 0.1) is 0 Å². The Balaban J connectivity index is 1.93. The van der Waals surface area contributed by atoms with Gasteiger partial charge in [-0.25, -0.2) is 4.98 Å². The van der Waals surface area contributed by atoms with Gasteiger partial charge in [0, 0.05) is 16.5 Å². The van der Waals surface area contributed by atoms with Crippen LogP contribution in [0.3, 0.4) is 0 Å². The van der Waals surface area contributed by atoms with Crippen molar-refractivity contribution in [1.82, 2.24) is 9.55 Å². The molecular formula is C19H20ClN3O2. The van der Waals surface area contributed by atoms with E-state index in [9.17, 15) is 9.90 Å². The number of hydrogen-bond donors (Lipinski definition) is 2. The Kier molecular flexibility index (Phi) is 4.43. The predicted molar refractivity (Wildman–Crippen MR) is 100 cm³/mol.